The predicted molar refractivity (Wildman–Crippen MR) is 75.5 cm³/mol. The van der Waals surface area contributed by atoms with E-state index in [4.69, 9.17) is 9.47 Å². The maximum absolute atomic E-state index is 11.9. The maximum atomic E-state index is 11.9. The van der Waals surface area contributed by atoms with Crippen LogP contribution in [0.15, 0.2) is 24.3 Å². The molecule has 1 aromatic carbocycles. The Kier molecular flexibility index (Phi) is 7.02. The van der Waals surface area contributed by atoms with Crippen LogP contribution in [0.25, 0.3) is 0 Å². The molecular formula is C14H15F3N2O5. The van der Waals surface area contributed by atoms with Gasteiger partial charge in [0.15, 0.2) is 6.61 Å². The smallest absolute Gasteiger partial charge is 0.405 e. The molecule has 0 heterocycles. The van der Waals surface area contributed by atoms with E-state index in [1.165, 1.54) is 29.6 Å². The van der Waals surface area contributed by atoms with E-state index < -0.39 is 37.2 Å². The number of ether oxygens (including phenoxy) is 2. The van der Waals surface area contributed by atoms with Gasteiger partial charge in [-0.3, -0.25) is 10.1 Å². The van der Waals surface area contributed by atoms with Gasteiger partial charge in [-0.2, -0.15) is 13.2 Å². The SMILES string of the molecule is CCOC(=O)c1cccc(OCC(=O)NC(=O)NCC(F)(F)F)c1. The topological polar surface area (TPSA) is 93.7 Å². The fourth-order valence-corrected chi connectivity index (χ4v) is 1.46. The van der Waals surface area contributed by atoms with Crippen molar-refractivity contribution >= 4 is 17.9 Å². The zero-order valence-electron chi connectivity index (χ0n) is 12.6. The van der Waals surface area contributed by atoms with Crippen LogP contribution < -0.4 is 15.4 Å². The number of carbonyl (C=O) groups is 3. The summed E-state index contributed by atoms with van der Waals surface area (Å²) >= 11 is 0. The molecule has 0 aliphatic carbocycles. The molecule has 0 aromatic heterocycles. The molecule has 0 saturated carbocycles. The van der Waals surface area contributed by atoms with Crippen LogP contribution in [0.3, 0.4) is 0 Å². The Balaban J connectivity index is 2.45. The number of nitrogens with one attached hydrogen (secondary N) is 2. The highest BCUT2D eigenvalue weighted by Crippen LogP contribution is 2.14. The van der Waals surface area contributed by atoms with Crippen molar-refractivity contribution in [3.05, 3.63) is 29.8 Å². The first kappa shape index (κ1) is 19.3. The fourth-order valence-electron chi connectivity index (χ4n) is 1.46. The van der Waals surface area contributed by atoms with Crippen molar-refractivity contribution in [1.82, 2.24) is 10.6 Å². The summed E-state index contributed by atoms with van der Waals surface area (Å²) in [5, 5.41) is 3.15. The number of hydrogen-bond acceptors (Lipinski definition) is 5. The summed E-state index contributed by atoms with van der Waals surface area (Å²) in [6, 6.07) is 4.47. The van der Waals surface area contributed by atoms with Gasteiger partial charge >= 0.3 is 18.2 Å². The van der Waals surface area contributed by atoms with Crippen molar-refractivity contribution in [2.24, 2.45) is 0 Å². The normalized spacial score (nSPS) is 10.7. The summed E-state index contributed by atoms with van der Waals surface area (Å²) in [5.41, 5.74) is 0.206. The molecule has 0 radical (unpaired) electrons. The molecule has 0 bridgehead atoms. The van der Waals surface area contributed by atoms with E-state index in [9.17, 15) is 27.6 Å². The number of halogens is 3. The number of benzene rings is 1. The number of rotatable bonds is 6. The Morgan fingerprint density at radius 1 is 1.21 bits per heavy atom. The van der Waals surface area contributed by atoms with Crippen LogP contribution in [0.5, 0.6) is 5.75 Å². The molecule has 3 amide bonds. The zero-order valence-corrected chi connectivity index (χ0v) is 12.6. The Morgan fingerprint density at radius 2 is 1.92 bits per heavy atom. The van der Waals surface area contributed by atoms with Gasteiger partial charge in [0.25, 0.3) is 5.91 Å². The van der Waals surface area contributed by atoms with Crippen LogP contribution in [0.1, 0.15) is 17.3 Å². The number of urea groups is 1. The second-order valence-electron chi connectivity index (χ2n) is 4.38. The molecule has 0 aliphatic rings. The number of esters is 1. The third-order valence-electron chi connectivity index (χ3n) is 2.42. The van der Waals surface area contributed by atoms with E-state index in [-0.39, 0.29) is 17.9 Å². The molecule has 0 saturated heterocycles. The highest BCUT2D eigenvalue weighted by Gasteiger charge is 2.27. The minimum absolute atomic E-state index is 0.159. The number of carbonyl (C=O) groups excluding carboxylic acids is 3. The quantitative estimate of drug-likeness (QED) is 0.762. The minimum atomic E-state index is -4.58. The molecule has 0 aliphatic heterocycles. The van der Waals surface area contributed by atoms with Gasteiger partial charge in [-0.25, -0.2) is 9.59 Å². The molecule has 0 fully saturated rings. The highest BCUT2D eigenvalue weighted by molar-refractivity contribution is 5.95. The first-order valence-corrected chi connectivity index (χ1v) is 6.75. The van der Waals surface area contributed by atoms with Crippen LogP contribution >= 0.6 is 0 Å². The van der Waals surface area contributed by atoms with Gasteiger partial charge in [0.1, 0.15) is 12.3 Å². The van der Waals surface area contributed by atoms with Gasteiger partial charge in [0, 0.05) is 0 Å². The van der Waals surface area contributed by atoms with Crippen molar-refractivity contribution in [1.29, 1.82) is 0 Å². The van der Waals surface area contributed by atoms with E-state index in [1.807, 2.05) is 0 Å². The van der Waals surface area contributed by atoms with Gasteiger partial charge < -0.3 is 14.8 Å². The summed E-state index contributed by atoms with van der Waals surface area (Å²) in [5.74, 6) is -1.36. The number of imide groups is 1. The van der Waals surface area contributed by atoms with E-state index in [0.717, 1.165) is 0 Å². The second kappa shape index (κ2) is 8.75. The summed E-state index contributed by atoms with van der Waals surface area (Å²) < 4.78 is 45.5. The maximum Gasteiger partial charge on any atom is 0.405 e. The second-order valence-corrected chi connectivity index (χ2v) is 4.38. The summed E-state index contributed by atoms with van der Waals surface area (Å²) in [6.07, 6.45) is -4.58. The van der Waals surface area contributed by atoms with E-state index in [2.05, 4.69) is 0 Å². The lowest BCUT2D eigenvalue weighted by molar-refractivity contribution is -0.125. The molecule has 132 valence electrons. The van der Waals surface area contributed by atoms with Gasteiger partial charge in [-0.15, -0.1) is 0 Å². The number of alkyl halides is 3. The average Bonchev–Trinajstić information content (AvgIpc) is 2.51. The first-order chi connectivity index (χ1) is 11.2. The van der Waals surface area contributed by atoms with Crippen LogP contribution in [0, 0.1) is 0 Å². The van der Waals surface area contributed by atoms with Crippen molar-refractivity contribution < 1.29 is 37.0 Å². The molecule has 0 atom stereocenters. The Bertz CT molecular complexity index is 604. The molecule has 1 rings (SSSR count). The standard InChI is InChI=1S/C14H15F3N2O5/c1-2-23-12(21)9-4-3-5-10(6-9)24-7-11(20)19-13(22)18-8-14(15,16)17/h3-6H,2,7-8H2,1H3,(H2,18,19,20,22). The fraction of sp³-hybridized carbons (Fsp3) is 0.357. The molecule has 7 nitrogen and oxygen atoms in total. The van der Waals surface area contributed by atoms with E-state index in [1.54, 1.807) is 12.2 Å². The highest BCUT2D eigenvalue weighted by atomic mass is 19.4. The van der Waals surface area contributed by atoms with Gasteiger partial charge in [-0.1, -0.05) is 6.07 Å². The molecule has 1 aromatic rings. The summed E-state index contributed by atoms with van der Waals surface area (Å²) in [7, 11) is 0. The molecule has 24 heavy (non-hydrogen) atoms. The Morgan fingerprint density at radius 3 is 2.54 bits per heavy atom. The lowest BCUT2D eigenvalue weighted by atomic mass is 10.2. The molecule has 0 spiro atoms. The predicted octanol–water partition coefficient (Wildman–Crippen LogP) is 1.63. The molecular weight excluding hydrogens is 333 g/mol. The van der Waals surface area contributed by atoms with E-state index >= 15 is 0 Å². The monoisotopic (exact) mass is 348 g/mol. The van der Waals surface area contributed by atoms with Gasteiger partial charge in [0.2, 0.25) is 0 Å². The van der Waals surface area contributed by atoms with Gasteiger partial charge in [-0.05, 0) is 25.1 Å². The summed E-state index contributed by atoms with van der Waals surface area (Å²) in [4.78, 5) is 34.0. The Labute approximate surface area is 135 Å². The van der Waals surface area contributed by atoms with Crippen LogP contribution in [0.4, 0.5) is 18.0 Å². The van der Waals surface area contributed by atoms with Crippen LogP contribution in [-0.4, -0.2) is 43.8 Å². The van der Waals surface area contributed by atoms with Crippen LogP contribution in [-0.2, 0) is 9.53 Å². The first-order valence-electron chi connectivity index (χ1n) is 6.75. The molecule has 0 unspecified atom stereocenters. The lowest BCUT2D eigenvalue weighted by Crippen LogP contribution is -2.44. The number of amides is 3. The van der Waals surface area contributed by atoms with Crippen molar-refractivity contribution in [3.8, 4) is 5.75 Å². The van der Waals surface area contributed by atoms with E-state index in [0.29, 0.717) is 0 Å². The van der Waals surface area contributed by atoms with Gasteiger partial charge in [0.05, 0.1) is 12.2 Å². The third kappa shape index (κ3) is 7.47. The number of hydrogen-bond donors (Lipinski definition) is 2. The van der Waals surface area contributed by atoms with Crippen molar-refractivity contribution in [2.75, 3.05) is 19.8 Å². The lowest BCUT2D eigenvalue weighted by Gasteiger charge is -2.10. The average molecular weight is 348 g/mol. The Hall–Kier alpha value is -2.78. The minimum Gasteiger partial charge on any atom is -0.484 e. The largest absolute Gasteiger partial charge is 0.484 e. The molecule has 2 N–H and O–H groups in total. The third-order valence-corrected chi connectivity index (χ3v) is 2.42. The summed E-state index contributed by atoms with van der Waals surface area (Å²) in [6.45, 7) is -0.341. The van der Waals surface area contributed by atoms with Crippen molar-refractivity contribution in [3.63, 3.8) is 0 Å². The molecule has 10 heteroatoms. The zero-order chi connectivity index (χ0) is 18.2. The van der Waals surface area contributed by atoms with Crippen LogP contribution in [0.2, 0.25) is 0 Å². The van der Waals surface area contributed by atoms with Crippen molar-refractivity contribution in [2.45, 2.75) is 13.1 Å².